The van der Waals surface area contributed by atoms with Crippen molar-refractivity contribution in [3.63, 3.8) is 0 Å². The Morgan fingerprint density at radius 1 is 1.21 bits per heavy atom. The van der Waals surface area contributed by atoms with Crippen molar-refractivity contribution in [3.05, 3.63) is 0 Å². The van der Waals surface area contributed by atoms with E-state index in [0.717, 1.165) is 38.8 Å². The van der Waals surface area contributed by atoms with Crippen molar-refractivity contribution < 1.29 is 4.79 Å². The molecule has 0 aromatic carbocycles. The summed E-state index contributed by atoms with van der Waals surface area (Å²) >= 11 is 0. The lowest BCUT2D eigenvalue weighted by Gasteiger charge is -2.24. The molecule has 14 heavy (non-hydrogen) atoms. The Morgan fingerprint density at radius 3 is 1.93 bits per heavy atom. The van der Waals surface area contributed by atoms with E-state index in [0.29, 0.717) is 0 Å². The van der Waals surface area contributed by atoms with Gasteiger partial charge in [0.15, 0.2) is 0 Å². The van der Waals surface area contributed by atoms with Gasteiger partial charge in [0.25, 0.3) is 0 Å². The van der Waals surface area contributed by atoms with Crippen LogP contribution in [0.3, 0.4) is 0 Å². The van der Waals surface area contributed by atoms with Crippen LogP contribution in [-0.2, 0) is 4.79 Å². The summed E-state index contributed by atoms with van der Waals surface area (Å²) in [7, 11) is 0. The fraction of sp³-hybridized carbons (Fsp3) is 0.909. The maximum Gasteiger partial charge on any atom is 0.239 e. The van der Waals surface area contributed by atoms with Crippen molar-refractivity contribution in [1.29, 1.82) is 0 Å². The molecule has 0 aromatic heterocycles. The van der Waals surface area contributed by atoms with E-state index in [1.54, 1.807) is 6.92 Å². The van der Waals surface area contributed by atoms with Gasteiger partial charge in [-0.05, 0) is 19.8 Å². The number of unbranched alkanes of at least 4 members (excludes halogenated alkanes) is 2. The molecule has 0 heterocycles. The second-order valence-electron chi connectivity index (χ2n) is 3.82. The number of nitrogens with two attached hydrogens (primary N) is 1. The highest BCUT2D eigenvalue weighted by Crippen LogP contribution is 2.01. The lowest BCUT2D eigenvalue weighted by atomic mass is 10.2. The molecule has 0 aliphatic carbocycles. The number of hydrogen-bond donors (Lipinski definition) is 1. The van der Waals surface area contributed by atoms with E-state index in [1.165, 1.54) is 0 Å². The van der Waals surface area contributed by atoms with Gasteiger partial charge in [0.1, 0.15) is 0 Å². The molecule has 1 atom stereocenters. The molecule has 0 saturated carbocycles. The molecule has 3 nitrogen and oxygen atoms in total. The number of nitrogens with zero attached hydrogens (tertiary/aromatic N) is 1. The summed E-state index contributed by atoms with van der Waals surface area (Å²) in [6.45, 7) is 7.74. The molecule has 0 fully saturated rings. The zero-order valence-corrected chi connectivity index (χ0v) is 9.75. The monoisotopic (exact) mass is 200 g/mol. The van der Waals surface area contributed by atoms with Crippen LogP contribution >= 0.6 is 0 Å². The largest absolute Gasteiger partial charge is 0.341 e. The quantitative estimate of drug-likeness (QED) is 0.680. The number of hydrogen-bond acceptors (Lipinski definition) is 2. The lowest BCUT2D eigenvalue weighted by molar-refractivity contribution is -0.132. The minimum Gasteiger partial charge on any atom is -0.341 e. The van der Waals surface area contributed by atoms with Crippen LogP contribution in [0.1, 0.15) is 46.5 Å². The molecule has 0 radical (unpaired) electrons. The van der Waals surface area contributed by atoms with Crippen LogP contribution in [-0.4, -0.2) is 29.9 Å². The van der Waals surface area contributed by atoms with Gasteiger partial charge in [0.2, 0.25) is 5.91 Å². The van der Waals surface area contributed by atoms with Crippen molar-refractivity contribution in [2.75, 3.05) is 13.1 Å². The van der Waals surface area contributed by atoms with Crippen molar-refractivity contribution >= 4 is 5.91 Å². The zero-order valence-electron chi connectivity index (χ0n) is 9.75. The van der Waals surface area contributed by atoms with Crippen LogP contribution in [0.2, 0.25) is 0 Å². The molecule has 0 saturated heterocycles. The Kier molecular flexibility index (Phi) is 7.48. The molecule has 84 valence electrons. The zero-order chi connectivity index (χ0) is 11.0. The van der Waals surface area contributed by atoms with Crippen molar-refractivity contribution in [2.24, 2.45) is 5.73 Å². The van der Waals surface area contributed by atoms with Crippen LogP contribution in [0.25, 0.3) is 0 Å². The highest BCUT2D eigenvalue weighted by Gasteiger charge is 2.15. The molecule has 0 bridgehead atoms. The fourth-order valence-electron chi connectivity index (χ4n) is 1.32. The summed E-state index contributed by atoms with van der Waals surface area (Å²) in [5.41, 5.74) is 5.59. The Balaban J connectivity index is 4.01. The first-order chi connectivity index (χ1) is 6.63. The third kappa shape index (κ3) is 5.22. The first-order valence-electron chi connectivity index (χ1n) is 5.67. The van der Waals surface area contributed by atoms with E-state index in [1.807, 2.05) is 4.90 Å². The third-order valence-electron chi connectivity index (χ3n) is 2.26. The van der Waals surface area contributed by atoms with Gasteiger partial charge in [0, 0.05) is 13.1 Å². The minimum absolute atomic E-state index is 0.0897. The summed E-state index contributed by atoms with van der Waals surface area (Å²) in [6.07, 6.45) is 4.38. The van der Waals surface area contributed by atoms with E-state index < -0.39 is 0 Å². The summed E-state index contributed by atoms with van der Waals surface area (Å²) in [4.78, 5) is 13.6. The number of amides is 1. The number of rotatable bonds is 7. The second-order valence-corrected chi connectivity index (χ2v) is 3.82. The summed E-state index contributed by atoms with van der Waals surface area (Å²) < 4.78 is 0. The predicted octanol–water partition coefficient (Wildman–Crippen LogP) is 1.76. The highest BCUT2D eigenvalue weighted by atomic mass is 16.2. The van der Waals surface area contributed by atoms with Gasteiger partial charge < -0.3 is 10.6 Å². The van der Waals surface area contributed by atoms with Gasteiger partial charge in [-0.15, -0.1) is 0 Å². The van der Waals surface area contributed by atoms with Crippen LogP contribution in [0.15, 0.2) is 0 Å². The predicted molar refractivity (Wildman–Crippen MR) is 60.0 cm³/mol. The van der Waals surface area contributed by atoms with Gasteiger partial charge in [-0.2, -0.15) is 0 Å². The number of carbonyl (C=O) groups is 1. The van der Waals surface area contributed by atoms with Crippen LogP contribution in [0, 0.1) is 0 Å². The summed E-state index contributed by atoms with van der Waals surface area (Å²) in [5.74, 6) is 0.0897. The van der Waals surface area contributed by atoms with Gasteiger partial charge in [-0.25, -0.2) is 0 Å². The molecule has 0 aliphatic heterocycles. The van der Waals surface area contributed by atoms with Crippen molar-refractivity contribution in [1.82, 2.24) is 4.90 Å². The minimum atomic E-state index is -0.358. The van der Waals surface area contributed by atoms with Crippen molar-refractivity contribution in [2.45, 2.75) is 52.5 Å². The summed E-state index contributed by atoms with van der Waals surface area (Å²) in [6, 6.07) is -0.358. The Morgan fingerprint density at radius 2 is 1.64 bits per heavy atom. The molecular weight excluding hydrogens is 176 g/mol. The van der Waals surface area contributed by atoms with Gasteiger partial charge in [-0.3, -0.25) is 4.79 Å². The second kappa shape index (κ2) is 7.80. The van der Waals surface area contributed by atoms with E-state index >= 15 is 0 Å². The van der Waals surface area contributed by atoms with Gasteiger partial charge in [-0.1, -0.05) is 26.7 Å². The molecule has 0 spiro atoms. The Labute approximate surface area is 87.6 Å². The molecule has 0 rings (SSSR count). The Bertz CT molecular complexity index is 149. The maximum atomic E-state index is 11.7. The van der Waals surface area contributed by atoms with Crippen LogP contribution < -0.4 is 5.73 Å². The van der Waals surface area contributed by atoms with E-state index in [9.17, 15) is 4.79 Å². The SMILES string of the molecule is CCCCN(CCCC)C(=O)C(C)N. The van der Waals surface area contributed by atoms with Crippen LogP contribution in [0.4, 0.5) is 0 Å². The molecule has 1 unspecified atom stereocenters. The standard InChI is InChI=1S/C11H24N2O/c1-4-6-8-13(9-7-5-2)11(14)10(3)12/h10H,4-9,12H2,1-3H3. The van der Waals surface area contributed by atoms with E-state index in [2.05, 4.69) is 13.8 Å². The van der Waals surface area contributed by atoms with Gasteiger partial charge in [0.05, 0.1) is 6.04 Å². The van der Waals surface area contributed by atoms with E-state index in [4.69, 9.17) is 5.73 Å². The summed E-state index contributed by atoms with van der Waals surface area (Å²) in [5, 5.41) is 0. The first kappa shape index (κ1) is 13.4. The average Bonchev–Trinajstić information content (AvgIpc) is 2.17. The van der Waals surface area contributed by atoms with Gasteiger partial charge >= 0.3 is 0 Å². The average molecular weight is 200 g/mol. The van der Waals surface area contributed by atoms with E-state index in [-0.39, 0.29) is 11.9 Å². The molecule has 0 aliphatic rings. The number of carbonyl (C=O) groups excluding carboxylic acids is 1. The van der Waals surface area contributed by atoms with Crippen molar-refractivity contribution in [3.8, 4) is 0 Å². The smallest absolute Gasteiger partial charge is 0.239 e. The Hall–Kier alpha value is -0.570. The normalized spacial score (nSPS) is 12.6. The molecule has 2 N–H and O–H groups in total. The lowest BCUT2D eigenvalue weighted by Crippen LogP contribution is -2.43. The van der Waals surface area contributed by atoms with Crippen LogP contribution in [0.5, 0.6) is 0 Å². The fourth-order valence-corrected chi connectivity index (χ4v) is 1.32. The first-order valence-corrected chi connectivity index (χ1v) is 5.67. The molecular formula is C11H24N2O. The molecule has 1 amide bonds. The molecule has 0 aromatic rings. The molecule has 3 heteroatoms. The maximum absolute atomic E-state index is 11.7. The topological polar surface area (TPSA) is 46.3 Å². The highest BCUT2D eigenvalue weighted by molar-refractivity contribution is 5.81. The third-order valence-corrected chi connectivity index (χ3v) is 2.26.